The number of aromatic nitrogens is 3. The second-order valence-electron chi connectivity index (χ2n) is 4.33. The number of nitrogens with zero attached hydrogens (tertiary/aromatic N) is 2. The summed E-state index contributed by atoms with van der Waals surface area (Å²) in [6, 6.07) is 5.32. The Hall–Kier alpha value is -1.69. The van der Waals surface area contributed by atoms with Crippen LogP contribution in [0.4, 0.5) is 0 Å². The lowest BCUT2D eigenvalue weighted by Crippen LogP contribution is -2.14. The van der Waals surface area contributed by atoms with Gasteiger partial charge in [0.1, 0.15) is 10.2 Å². The van der Waals surface area contributed by atoms with Gasteiger partial charge in [-0.05, 0) is 27.9 Å². The molecule has 6 heteroatoms. The molecule has 1 N–H and O–H groups in total. The van der Waals surface area contributed by atoms with Gasteiger partial charge in [-0.15, -0.1) is 0 Å². The first kappa shape index (κ1) is 13.7. The quantitative estimate of drug-likeness (QED) is 0.943. The predicted molar refractivity (Wildman–Crippen MR) is 76.4 cm³/mol. The zero-order valence-electron chi connectivity index (χ0n) is 10.9. The maximum absolute atomic E-state index is 11.9. The van der Waals surface area contributed by atoms with Crippen LogP contribution < -0.4 is 10.3 Å². The molecule has 0 saturated carbocycles. The lowest BCUT2D eigenvalue weighted by atomic mass is 10.1. The Labute approximate surface area is 119 Å². The lowest BCUT2D eigenvalue weighted by molar-refractivity contribution is 0.398. The third-order valence-electron chi connectivity index (χ3n) is 2.61. The van der Waals surface area contributed by atoms with Crippen LogP contribution in [0.2, 0.25) is 0 Å². The Morgan fingerprint density at radius 1 is 1.32 bits per heavy atom. The van der Waals surface area contributed by atoms with Crippen molar-refractivity contribution in [3.8, 4) is 17.4 Å². The first-order valence-electron chi connectivity index (χ1n) is 5.84. The van der Waals surface area contributed by atoms with Gasteiger partial charge in [-0.25, -0.2) is 9.97 Å². The van der Waals surface area contributed by atoms with Crippen molar-refractivity contribution in [2.24, 2.45) is 0 Å². The third-order valence-corrected chi connectivity index (χ3v) is 3.38. The Morgan fingerprint density at radius 2 is 2.05 bits per heavy atom. The van der Waals surface area contributed by atoms with Crippen molar-refractivity contribution < 1.29 is 4.74 Å². The van der Waals surface area contributed by atoms with Crippen LogP contribution in [0.5, 0.6) is 5.88 Å². The maximum Gasteiger partial charge on any atom is 0.265 e. The van der Waals surface area contributed by atoms with Gasteiger partial charge in [0.2, 0.25) is 5.88 Å². The fraction of sp³-hybridized carbons (Fsp3) is 0.308. The number of aromatic amines is 1. The normalized spacial score (nSPS) is 10.8. The van der Waals surface area contributed by atoms with E-state index >= 15 is 0 Å². The van der Waals surface area contributed by atoms with Crippen LogP contribution in [0.1, 0.15) is 25.5 Å². The number of halogens is 1. The Balaban J connectivity index is 2.59. The van der Waals surface area contributed by atoms with E-state index in [9.17, 15) is 4.79 Å². The molecule has 0 atom stereocenters. The predicted octanol–water partition coefficient (Wildman–Crippen LogP) is 2.73. The average molecular weight is 324 g/mol. The molecule has 19 heavy (non-hydrogen) atoms. The summed E-state index contributed by atoms with van der Waals surface area (Å²) in [5.74, 6) is 1.06. The zero-order chi connectivity index (χ0) is 14.0. The first-order valence-corrected chi connectivity index (χ1v) is 6.63. The molecule has 0 radical (unpaired) electrons. The summed E-state index contributed by atoms with van der Waals surface area (Å²) in [5, 5.41) is 0. The van der Waals surface area contributed by atoms with E-state index in [1.807, 2.05) is 13.8 Å². The molecule has 0 aliphatic rings. The number of hydrogen-bond donors (Lipinski definition) is 1. The molecule has 0 aliphatic heterocycles. The van der Waals surface area contributed by atoms with E-state index in [1.165, 1.54) is 0 Å². The van der Waals surface area contributed by atoms with Crippen molar-refractivity contribution in [1.82, 2.24) is 15.0 Å². The van der Waals surface area contributed by atoms with E-state index in [0.717, 1.165) is 0 Å². The molecular formula is C13H14BrN3O2. The van der Waals surface area contributed by atoms with Gasteiger partial charge in [-0.2, -0.15) is 0 Å². The minimum Gasteiger partial charge on any atom is -0.481 e. The molecule has 5 nitrogen and oxygen atoms in total. The zero-order valence-corrected chi connectivity index (χ0v) is 12.5. The van der Waals surface area contributed by atoms with E-state index in [1.54, 1.807) is 25.3 Å². The van der Waals surface area contributed by atoms with Crippen molar-refractivity contribution in [2.75, 3.05) is 7.11 Å². The molecule has 2 rings (SSSR count). The van der Waals surface area contributed by atoms with Crippen LogP contribution in [-0.2, 0) is 0 Å². The molecule has 0 unspecified atom stereocenters. The fourth-order valence-electron chi connectivity index (χ4n) is 1.64. The standard InChI is InChI=1S/C13H14BrN3O2/c1-7(2)11-10(14)13(18)17-12(16-11)8-5-4-6-9(15-8)19-3/h4-7H,1-3H3,(H,16,17,18). The molecule has 0 amide bonds. The van der Waals surface area contributed by atoms with Crippen LogP contribution in [-0.4, -0.2) is 22.1 Å². The second-order valence-corrected chi connectivity index (χ2v) is 5.13. The van der Waals surface area contributed by atoms with Crippen LogP contribution in [0.15, 0.2) is 27.5 Å². The Bertz CT molecular complexity index is 653. The van der Waals surface area contributed by atoms with Gasteiger partial charge in [-0.1, -0.05) is 19.9 Å². The summed E-state index contributed by atoms with van der Waals surface area (Å²) in [4.78, 5) is 23.3. The topological polar surface area (TPSA) is 67.9 Å². The number of ether oxygens (including phenoxy) is 1. The molecular weight excluding hydrogens is 310 g/mol. The van der Waals surface area contributed by atoms with E-state index in [2.05, 4.69) is 30.9 Å². The van der Waals surface area contributed by atoms with Gasteiger partial charge in [0.15, 0.2) is 5.82 Å². The van der Waals surface area contributed by atoms with Gasteiger partial charge in [0.25, 0.3) is 5.56 Å². The summed E-state index contributed by atoms with van der Waals surface area (Å²) < 4.78 is 5.53. The van der Waals surface area contributed by atoms with Crippen molar-refractivity contribution in [3.63, 3.8) is 0 Å². The highest BCUT2D eigenvalue weighted by Crippen LogP contribution is 2.22. The molecule has 0 aromatic carbocycles. The summed E-state index contributed by atoms with van der Waals surface area (Å²) in [7, 11) is 1.55. The van der Waals surface area contributed by atoms with Crippen molar-refractivity contribution >= 4 is 15.9 Å². The molecule has 2 aromatic rings. The Morgan fingerprint density at radius 3 is 2.68 bits per heavy atom. The molecule has 2 aromatic heterocycles. The molecule has 0 fully saturated rings. The van der Waals surface area contributed by atoms with Gasteiger partial charge in [0.05, 0.1) is 12.8 Å². The number of H-pyrrole nitrogens is 1. The number of nitrogens with one attached hydrogen (secondary N) is 1. The summed E-state index contributed by atoms with van der Waals surface area (Å²) >= 11 is 3.26. The van der Waals surface area contributed by atoms with E-state index in [4.69, 9.17) is 4.74 Å². The summed E-state index contributed by atoms with van der Waals surface area (Å²) in [5.41, 5.74) is 1.08. The van der Waals surface area contributed by atoms with Crippen LogP contribution in [0.25, 0.3) is 11.5 Å². The largest absolute Gasteiger partial charge is 0.481 e. The van der Waals surface area contributed by atoms with Crippen LogP contribution in [0, 0.1) is 0 Å². The minimum absolute atomic E-state index is 0.140. The number of methoxy groups -OCH3 is 1. The van der Waals surface area contributed by atoms with Crippen molar-refractivity contribution in [1.29, 1.82) is 0 Å². The highest BCUT2D eigenvalue weighted by Gasteiger charge is 2.14. The van der Waals surface area contributed by atoms with E-state index < -0.39 is 0 Å². The molecule has 0 aliphatic carbocycles. The summed E-state index contributed by atoms with van der Waals surface area (Å²) in [6.45, 7) is 3.96. The average Bonchev–Trinajstić information content (AvgIpc) is 2.41. The minimum atomic E-state index is -0.210. The van der Waals surface area contributed by atoms with E-state index in [-0.39, 0.29) is 11.5 Å². The number of pyridine rings is 1. The SMILES string of the molecule is COc1cccc(-c2nc(C(C)C)c(Br)c(=O)[nH]2)n1. The van der Waals surface area contributed by atoms with Crippen molar-refractivity contribution in [3.05, 3.63) is 38.7 Å². The highest BCUT2D eigenvalue weighted by molar-refractivity contribution is 9.10. The first-order chi connectivity index (χ1) is 9.02. The summed E-state index contributed by atoms with van der Waals surface area (Å²) in [6.07, 6.45) is 0. The third kappa shape index (κ3) is 2.84. The van der Waals surface area contributed by atoms with Crippen LogP contribution >= 0.6 is 15.9 Å². The maximum atomic E-state index is 11.9. The molecule has 2 heterocycles. The van der Waals surface area contributed by atoms with Crippen LogP contribution in [0.3, 0.4) is 0 Å². The van der Waals surface area contributed by atoms with Gasteiger partial charge < -0.3 is 9.72 Å². The Kier molecular flexibility index (Phi) is 3.99. The molecule has 0 bridgehead atoms. The number of hydrogen-bond acceptors (Lipinski definition) is 4. The molecule has 100 valence electrons. The lowest BCUT2D eigenvalue weighted by Gasteiger charge is -2.09. The smallest absolute Gasteiger partial charge is 0.265 e. The van der Waals surface area contributed by atoms with Crippen molar-refractivity contribution in [2.45, 2.75) is 19.8 Å². The van der Waals surface area contributed by atoms with Gasteiger partial charge in [0, 0.05) is 6.07 Å². The van der Waals surface area contributed by atoms with Gasteiger partial charge >= 0.3 is 0 Å². The van der Waals surface area contributed by atoms with E-state index in [0.29, 0.717) is 27.6 Å². The second kappa shape index (κ2) is 5.52. The molecule has 0 saturated heterocycles. The monoisotopic (exact) mass is 323 g/mol. The molecule has 0 spiro atoms. The van der Waals surface area contributed by atoms with Gasteiger partial charge in [-0.3, -0.25) is 4.79 Å². The fourth-order valence-corrected chi connectivity index (χ4v) is 2.29. The highest BCUT2D eigenvalue weighted by atomic mass is 79.9. The number of rotatable bonds is 3.